The van der Waals surface area contributed by atoms with Gasteiger partial charge in [-0.3, -0.25) is 0 Å². The second kappa shape index (κ2) is 6.48. The molecule has 5 N–H and O–H groups in total. The van der Waals surface area contributed by atoms with Crippen molar-refractivity contribution in [3.05, 3.63) is 58.0 Å². The van der Waals surface area contributed by atoms with Gasteiger partial charge in [0.1, 0.15) is 11.6 Å². The van der Waals surface area contributed by atoms with Crippen molar-refractivity contribution in [3.8, 4) is 0 Å². The highest BCUT2D eigenvalue weighted by molar-refractivity contribution is 7.17. The number of rotatable bonds is 3. The molecule has 0 spiro atoms. The van der Waals surface area contributed by atoms with Crippen LogP contribution < -0.4 is 16.8 Å². The highest BCUT2D eigenvalue weighted by Gasteiger charge is 2.39. The first-order valence-electron chi connectivity index (χ1n) is 7.38. The Hall–Kier alpha value is -3.00. The summed E-state index contributed by atoms with van der Waals surface area (Å²) in [6.45, 7) is 0. The molecule has 0 unspecified atom stereocenters. The molecule has 8 heteroatoms. The number of fused-ring (bicyclic) bond motifs is 1. The van der Waals surface area contributed by atoms with Crippen LogP contribution in [0.5, 0.6) is 0 Å². The summed E-state index contributed by atoms with van der Waals surface area (Å²) in [6, 6.07) is 7.68. The van der Waals surface area contributed by atoms with E-state index in [1.165, 1.54) is 25.6 Å². The number of dihydropyridines is 1. The summed E-state index contributed by atoms with van der Waals surface area (Å²) >= 11 is 1.50. The van der Waals surface area contributed by atoms with Gasteiger partial charge in [-0.25, -0.2) is 9.59 Å². The zero-order valence-electron chi connectivity index (χ0n) is 13.7. The molecule has 3 rings (SSSR count). The van der Waals surface area contributed by atoms with Crippen LogP contribution in [-0.2, 0) is 19.1 Å². The molecule has 1 aromatic carbocycles. The van der Waals surface area contributed by atoms with Crippen LogP contribution in [0.2, 0.25) is 0 Å². The Morgan fingerprint density at radius 2 is 1.60 bits per heavy atom. The summed E-state index contributed by atoms with van der Waals surface area (Å²) in [5.41, 5.74) is 13.0. The fraction of sp³-hybridized carbons (Fsp3) is 0.176. The number of hydrogen-bond donors (Lipinski definition) is 3. The van der Waals surface area contributed by atoms with E-state index in [2.05, 4.69) is 5.32 Å². The molecule has 0 saturated heterocycles. The SMILES string of the molecule is COC(=O)C1=C(N)NC(N)=C(C(=O)OC)C1c1csc2ccccc12. The lowest BCUT2D eigenvalue weighted by molar-refractivity contribution is -0.137. The van der Waals surface area contributed by atoms with Gasteiger partial charge in [0.05, 0.1) is 31.3 Å². The van der Waals surface area contributed by atoms with E-state index in [-0.39, 0.29) is 22.8 Å². The fourth-order valence-corrected chi connectivity index (χ4v) is 3.93. The Kier molecular flexibility index (Phi) is 4.37. The van der Waals surface area contributed by atoms with E-state index < -0.39 is 17.9 Å². The molecule has 0 bridgehead atoms. The third kappa shape index (κ3) is 2.70. The summed E-state index contributed by atoms with van der Waals surface area (Å²) in [4.78, 5) is 24.7. The Bertz CT molecular complexity index is 891. The maximum atomic E-state index is 12.4. The number of carbonyl (C=O) groups excluding carboxylic acids is 2. The van der Waals surface area contributed by atoms with Gasteiger partial charge in [0.25, 0.3) is 0 Å². The van der Waals surface area contributed by atoms with Crippen LogP contribution in [0.15, 0.2) is 52.4 Å². The van der Waals surface area contributed by atoms with Gasteiger partial charge in [-0.1, -0.05) is 18.2 Å². The summed E-state index contributed by atoms with van der Waals surface area (Å²) in [7, 11) is 2.51. The van der Waals surface area contributed by atoms with Gasteiger partial charge in [0.15, 0.2) is 0 Å². The maximum absolute atomic E-state index is 12.4. The molecule has 0 fully saturated rings. The van der Waals surface area contributed by atoms with Crippen molar-refractivity contribution in [2.24, 2.45) is 11.5 Å². The van der Waals surface area contributed by atoms with Crippen molar-refractivity contribution in [2.75, 3.05) is 14.2 Å². The maximum Gasteiger partial charge on any atom is 0.338 e. The van der Waals surface area contributed by atoms with Crippen LogP contribution in [0.25, 0.3) is 10.1 Å². The Morgan fingerprint density at radius 3 is 2.16 bits per heavy atom. The summed E-state index contributed by atoms with van der Waals surface area (Å²) in [5, 5.41) is 5.45. The summed E-state index contributed by atoms with van der Waals surface area (Å²) in [5.74, 6) is -1.95. The monoisotopic (exact) mass is 359 g/mol. The number of esters is 2. The van der Waals surface area contributed by atoms with Gasteiger partial charge in [-0.15, -0.1) is 11.3 Å². The molecule has 1 aromatic heterocycles. The standard InChI is InChI=1S/C17H17N3O4S/c1-23-16(21)12-11(9-7-25-10-6-4-3-5-8(9)10)13(17(22)24-2)15(19)20-14(12)18/h3-7,11,20H,18-19H2,1-2H3. The number of carbonyl (C=O) groups is 2. The number of methoxy groups -OCH3 is 2. The first-order chi connectivity index (χ1) is 12.0. The van der Waals surface area contributed by atoms with Crippen molar-refractivity contribution in [1.82, 2.24) is 5.32 Å². The highest BCUT2D eigenvalue weighted by atomic mass is 32.1. The van der Waals surface area contributed by atoms with Crippen LogP contribution in [0, 0.1) is 0 Å². The molecule has 1 aliphatic rings. The second-order valence-electron chi connectivity index (χ2n) is 5.38. The smallest absolute Gasteiger partial charge is 0.338 e. The summed E-state index contributed by atoms with van der Waals surface area (Å²) < 4.78 is 10.8. The lowest BCUT2D eigenvalue weighted by atomic mass is 9.82. The molecule has 0 amide bonds. The number of ether oxygens (including phenoxy) is 2. The Morgan fingerprint density at radius 1 is 1.04 bits per heavy atom. The minimum atomic E-state index is -0.780. The van der Waals surface area contributed by atoms with E-state index in [0.29, 0.717) is 0 Å². The third-order valence-corrected chi connectivity index (χ3v) is 5.04. The van der Waals surface area contributed by atoms with E-state index in [1.807, 2.05) is 29.6 Å². The zero-order valence-corrected chi connectivity index (χ0v) is 14.5. The molecular weight excluding hydrogens is 342 g/mol. The van der Waals surface area contributed by atoms with E-state index in [0.717, 1.165) is 15.6 Å². The lowest BCUT2D eigenvalue weighted by Crippen LogP contribution is -2.39. The Balaban J connectivity index is 2.29. The van der Waals surface area contributed by atoms with Crippen LogP contribution in [-0.4, -0.2) is 26.2 Å². The largest absolute Gasteiger partial charge is 0.466 e. The zero-order chi connectivity index (χ0) is 18.1. The summed E-state index contributed by atoms with van der Waals surface area (Å²) in [6.07, 6.45) is 0. The number of benzene rings is 1. The van der Waals surface area contributed by atoms with Gasteiger partial charge < -0.3 is 26.3 Å². The van der Waals surface area contributed by atoms with Gasteiger partial charge in [-0.2, -0.15) is 0 Å². The van der Waals surface area contributed by atoms with Gasteiger partial charge in [0, 0.05) is 4.70 Å². The second-order valence-corrected chi connectivity index (χ2v) is 6.29. The molecular formula is C17H17N3O4S. The van der Waals surface area contributed by atoms with Crippen LogP contribution in [0.1, 0.15) is 11.5 Å². The predicted molar refractivity (Wildman–Crippen MR) is 94.2 cm³/mol. The highest BCUT2D eigenvalue weighted by Crippen LogP contribution is 2.42. The minimum Gasteiger partial charge on any atom is -0.466 e. The van der Waals surface area contributed by atoms with Gasteiger partial charge in [0.2, 0.25) is 0 Å². The van der Waals surface area contributed by atoms with Crippen molar-refractivity contribution in [1.29, 1.82) is 0 Å². The van der Waals surface area contributed by atoms with Crippen molar-refractivity contribution in [2.45, 2.75) is 5.92 Å². The van der Waals surface area contributed by atoms with E-state index in [1.54, 1.807) is 0 Å². The Labute approximate surface area is 147 Å². The minimum absolute atomic E-state index is 0.0530. The third-order valence-electron chi connectivity index (χ3n) is 4.06. The van der Waals surface area contributed by atoms with Crippen molar-refractivity contribution in [3.63, 3.8) is 0 Å². The predicted octanol–water partition coefficient (Wildman–Crippen LogP) is 1.27. The quantitative estimate of drug-likeness (QED) is 0.707. The van der Waals surface area contributed by atoms with E-state index in [4.69, 9.17) is 20.9 Å². The lowest BCUT2D eigenvalue weighted by Gasteiger charge is -2.28. The average Bonchev–Trinajstić information content (AvgIpc) is 3.03. The molecule has 0 aliphatic carbocycles. The number of nitrogens with two attached hydrogens (primary N) is 2. The molecule has 7 nitrogen and oxygen atoms in total. The fourth-order valence-electron chi connectivity index (χ4n) is 2.94. The molecule has 2 aromatic rings. The molecule has 1 aliphatic heterocycles. The van der Waals surface area contributed by atoms with E-state index >= 15 is 0 Å². The topological polar surface area (TPSA) is 117 Å². The molecule has 130 valence electrons. The number of thiophene rings is 1. The van der Waals surface area contributed by atoms with Gasteiger partial charge >= 0.3 is 11.9 Å². The van der Waals surface area contributed by atoms with Crippen molar-refractivity contribution >= 4 is 33.4 Å². The number of nitrogens with one attached hydrogen (secondary N) is 1. The molecule has 0 saturated carbocycles. The van der Waals surface area contributed by atoms with E-state index in [9.17, 15) is 9.59 Å². The first-order valence-corrected chi connectivity index (χ1v) is 8.26. The average molecular weight is 359 g/mol. The van der Waals surface area contributed by atoms with Crippen LogP contribution in [0.3, 0.4) is 0 Å². The first kappa shape index (κ1) is 16.8. The molecule has 2 heterocycles. The van der Waals surface area contributed by atoms with Gasteiger partial charge in [-0.05, 0) is 22.4 Å². The van der Waals surface area contributed by atoms with Crippen LogP contribution in [0.4, 0.5) is 0 Å². The normalized spacial score (nSPS) is 15.3. The van der Waals surface area contributed by atoms with Crippen molar-refractivity contribution < 1.29 is 19.1 Å². The van der Waals surface area contributed by atoms with Crippen LogP contribution >= 0.6 is 11.3 Å². The molecule has 25 heavy (non-hydrogen) atoms. The molecule has 0 radical (unpaired) electrons. The number of hydrogen-bond acceptors (Lipinski definition) is 8. The molecule has 0 atom stereocenters.